The van der Waals surface area contributed by atoms with Crippen molar-refractivity contribution in [3.63, 3.8) is 0 Å². The molecule has 0 radical (unpaired) electrons. The van der Waals surface area contributed by atoms with Crippen molar-refractivity contribution in [2.45, 2.75) is 105 Å². The highest BCUT2D eigenvalue weighted by atomic mass is 16.5. The summed E-state index contributed by atoms with van der Waals surface area (Å²) in [6.07, 6.45) is 5.96. The van der Waals surface area contributed by atoms with Crippen LogP contribution in [0.25, 0.3) is 117 Å². The van der Waals surface area contributed by atoms with Crippen molar-refractivity contribution in [3.8, 4) is 95.5 Å². The van der Waals surface area contributed by atoms with Gasteiger partial charge in [0.1, 0.15) is 17.3 Å². The first kappa shape index (κ1) is 49.7. The summed E-state index contributed by atoms with van der Waals surface area (Å²) >= 11 is 0. The van der Waals surface area contributed by atoms with Gasteiger partial charge in [-0.15, -0.1) is 0 Å². The van der Waals surface area contributed by atoms with Crippen LogP contribution in [-0.2, 0) is 21.7 Å². The monoisotopic (exact) mass is 1140 g/mol. The summed E-state index contributed by atoms with van der Waals surface area (Å²) in [4.78, 5) is 4.95. The van der Waals surface area contributed by atoms with Gasteiger partial charge in [0.2, 0.25) is 0 Å². The third kappa shape index (κ3) is 9.84. The Hall–Kier alpha value is -9.58. The molecule has 0 spiro atoms. The zero-order valence-electron chi connectivity index (χ0n) is 56.7. The molecule has 1 aliphatic rings. The molecule has 0 unspecified atom stereocenters. The Kier molecular flexibility index (Phi) is 11.7. The number of nitrogens with zero attached hydrogens (tertiary/aromatic N) is 4. The molecule has 13 aromatic rings. The van der Waals surface area contributed by atoms with Crippen LogP contribution in [0.1, 0.15) is 112 Å². The van der Waals surface area contributed by atoms with Crippen LogP contribution in [0.2, 0.25) is 0 Å². The summed E-state index contributed by atoms with van der Waals surface area (Å²) in [5.74, 6) is 2.14. The fraction of sp³-hybridized carbons (Fsp3) is 0.195. The quantitative estimate of drug-likeness (QED) is 0.118. The van der Waals surface area contributed by atoms with Gasteiger partial charge in [-0.2, -0.15) is 0 Å². The summed E-state index contributed by atoms with van der Waals surface area (Å²) in [6, 6.07) is 66.9. The number of fused-ring (bicyclic) bond motifs is 10. The van der Waals surface area contributed by atoms with Crippen LogP contribution in [0.4, 0.5) is 0 Å². The SMILES string of the molecule is [2H]c1c([2H])c([2H])c(-c2cccc3c2-c2cccc(-c4cc(C(C)(C)C)cc(C(C)(C)C)c4)c2-[n+]2[c-]n(-c4cccc(Oc5ccc6c7ccccc7n(-c7cc(C(C)(C)C)ccn7)c6c5)c4)c4cc(-c5ccc(C(C)(C)C)cc5)cc(c42)-c2ccccc2-3)c([2H])c1[2H]. The van der Waals surface area contributed by atoms with E-state index in [-0.39, 0.29) is 39.3 Å². The van der Waals surface area contributed by atoms with Crippen LogP contribution >= 0.6 is 0 Å². The van der Waals surface area contributed by atoms with Gasteiger partial charge in [-0.05, 0) is 165 Å². The van der Waals surface area contributed by atoms with Crippen LogP contribution in [0, 0.1) is 6.33 Å². The lowest BCUT2D eigenvalue weighted by molar-refractivity contribution is -0.570. The van der Waals surface area contributed by atoms with Gasteiger partial charge in [-0.25, -0.2) is 4.98 Å². The van der Waals surface area contributed by atoms with E-state index in [0.717, 1.165) is 106 Å². The molecule has 0 N–H and O–H groups in total. The van der Waals surface area contributed by atoms with Gasteiger partial charge in [0.05, 0.1) is 40.3 Å². The van der Waals surface area contributed by atoms with Crippen molar-refractivity contribution in [1.82, 2.24) is 14.1 Å². The molecule has 5 nitrogen and oxygen atoms in total. The van der Waals surface area contributed by atoms with Crippen LogP contribution in [0.5, 0.6) is 11.5 Å². The molecule has 10 aromatic carbocycles. The van der Waals surface area contributed by atoms with Gasteiger partial charge >= 0.3 is 0 Å². The molecule has 5 heteroatoms. The number of hydrogen-bond acceptors (Lipinski definition) is 2. The van der Waals surface area contributed by atoms with E-state index in [1.807, 2.05) is 36.5 Å². The first-order valence-corrected chi connectivity index (χ1v) is 30.3. The topological polar surface area (TPSA) is 35.9 Å². The maximum Gasteiger partial charge on any atom is 0.269 e. The second-order valence-corrected chi connectivity index (χ2v) is 27.5. The summed E-state index contributed by atoms with van der Waals surface area (Å²) < 4.78 is 59.6. The van der Waals surface area contributed by atoms with Crippen molar-refractivity contribution in [3.05, 3.63) is 259 Å². The maximum absolute atomic E-state index is 9.57. The highest BCUT2D eigenvalue weighted by molar-refractivity contribution is 6.10. The first-order valence-electron chi connectivity index (χ1n) is 32.8. The van der Waals surface area contributed by atoms with Crippen LogP contribution in [-0.4, -0.2) is 14.1 Å². The minimum absolute atomic E-state index is 0.0594. The molecule has 428 valence electrons. The fourth-order valence-corrected chi connectivity index (χ4v) is 12.7. The number of imidazole rings is 1. The molecule has 1 aliphatic heterocycles. The predicted octanol–water partition coefficient (Wildman–Crippen LogP) is 21.5. The zero-order valence-corrected chi connectivity index (χ0v) is 51.7. The van der Waals surface area contributed by atoms with Crippen molar-refractivity contribution in [2.24, 2.45) is 0 Å². The second-order valence-electron chi connectivity index (χ2n) is 27.5. The van der Waals surface area contributed by atoms with E-state index >= 15 is 0 Å². The molecule has 0 bridgehead atoms. The number of rotatable bonds is 7. The summed E-state index contributed by atoms with van der Waals surface area (Å²) in [7, 11) is 0. The number of hydrogen-bond donors (Lipinski definition) is 0. The van der Waals surface area contributed by atoms with E-state index in [1.54, 1.807) is 0 Å². The smallest absolute Gasteiger partial charge is 0.269 e. The minimum Gasteiger partial charge on any atom is -0.458 e. The van der Waals surface area contributed by atoms with E-state index in [4.69, 9.17) is 13.8 Å². The van der Waals surface area contributed by atoms with E-state index < -0.39 is 18.1 Å². The van der Waals surface area contributed by atoms with Crippen LogP contribution in [0.15, 0.2) is 231 Å². The average Bonchev–Trinajstić information content (AvgIpc) is 1.50. The molecule has 0 saturated carbocycles. The largest absolute Gasteiger partial charge is 0.458 e. The van der Waals surface area contributed by atoms with Crippen molar-refractivity contribution >= 4 is 32.8 Å². The molecule has 0 amide bonds. The maximum atomic E-state index is 9.57. The molecule has 0 atom stereocenters. The number of benzene rings is 10. The summed E-state index contributed by atoms with van der Waals surface area (Å²) in [5, 5.41) is 2.23. The normalized spacial score (nSPS) is 13.4. The fourth-order valence-electron chi connectivity index (χ4n) is 12.7. The van der Waals surface area contributed by atoms with E-state index in [1.165, 1.54) is 22.3 Å². The third-order valence-corrected chi connectivity index (χ3v) is 17.5. The lowest BCUT2D eigenvalue weighted by Crippen LogP contribution is -2.32. The Morgan fingerprint density at radius 2 is 1.02 bits per heavy atom. The zero-order chi connectivity index (χ0) is 64.7. The van der Waals surface area contributed by atoms with Crippen molar-refractivity contribution in [1.29, 1.82) is 0 Å². The molecule has 0 saturated heterocycles. The Balaban J connectivity index is 1.07. The first-order chi connectivity index (χ1) is 43.7. The lowest BCUT2D eigenvalue weighted by Gasteiger charge is -2.27. The minimum atomic E-state index is -0.441. The number of aromatic nitrogens is 4. The highest BCUT2D eigenvalue weighted by Gasteiger charge is 2.31. The highest BCUT2D eigenvalue weighted by Crippen LogP contribution is 2.50. The Morgan fingerprint density at radius 3 is 1.74 bits per heavy atom. The number of pyridine rings is 1. The van der Waals surface area contributed by atoms with Gasteiger partial charge in [-0.3, -0.25) is 13.7 Å². The predicted molar refractivity (Wildman–Crippen MR) is 363 cm³/mol. The van der Waals surface area contributed by atoms with Gasteiger partial charge in [0.25, 0.3) is 6.33 Å². The molecule has 3 aromatic heterocycles. The Labute approximate surface area is 519 Å². The average molecular weight is 1140 g/mol. The van der Waals surface area contributed by atoms with Gasteiger partial charge in [0.15, 0.2) is 0 Å². The molecule has 0 fully saturated rings. The summed E-state index contributed by atoms with van der Waals surface area (Å²) in [6.45, 7) is 26.9. The Bertz CT molecular complexity index is 5120. The molecule has 87 heavy (non-hydrogen) atoms. The third-order valence-electron chi connectivity index (χ3n) is 17.5. The van der Waals surface area contributed by atoms with Crippen molar-refractivity contribution in [2.75, 3.05) is 0 Å². The number of ether oxygens (including phenoxy) is 1. The van der Waals surface area contributed by atoms with Gasteiger partial charge in [-0.1, -0.05) is 247 Å². The summed E-state index contributed by atoms with van der Waals surface area (Å²) in [5.41, 5.74) is 19.6. The van der Waals surface area contributed by atoms with E-state index in [9.17, 15) is 2.74 Å². The molecular weight excluding hydrogens is 1060 g/mol. The second kappa shape index (κ2) is 20.6. The van der Waals surface area contributed by atoms with E-state index in [2.05, 4.69) is 267 Å². The number of para-hydroxylation sites is 2. The van der Waals surface area contributed by atoms with Crippen molar-refractivity contribution < 1.29 is 16.2 Å². The van der Waals surface area contributed by atoms with Crippen LogP contribution in [0.3, 0.4) is 0 Å². The van der Waals surface area contributed by atoms with E-state index in [0.29, 0.717) is 17.1 Å². The molecule has 0 aliphatic carbocycles. The van der Waals surface area contributed by atoms with Crippen LogP contribution < -0.4 is 9.30 Å². The molecular formula is C82H74N4O. The lowest BCUT2D eigenvalue weighted by atomic mass is 9.78. The van der Waals surface area contributed by atoms with Gasteiger partial charge < -0.3 is 4.74 Å². The standard InChI is InChI=1S/C82H74N4O/c1-79(2,3)56-37-35-52(36-38-56)54-45-71-66-28-17-16-27-65(66)69-32-21-30-63(53-23-14-13-15-24-53)76(69)70-33-22-31-64(55-43-58(81(7,8)9)47-59(44-55)82(10,11)12)77(70)85-51-84(74(46-54)78(71)85)60-25-20-26-61(49-60)87-62-39-40-68-67-29-18-19-34-72(67)86(73(68)50-62)75-48-57(41-42-83-75)80(4,5)6/h13-50H,1-12H3/i13D,14D,15D,23D,24D. The van der Waals surface area contributed by atoms with Gasteiger partial charge in [0, 0.05) is 23.0 Å². The Morgan fingerprint density at radius 1 is 0.414 bits per heavy atom. The molecule has 14 rings (SSSR count). The molecule has 4 heterocycles.